The first kappa shape index (κ1) is 31.6. The molecule has 1 aliphatic rings. The summed E-state index contributed by atoms with van der Waals surface area (Å²) in [6.07, 6.45) is 0.379. The number of nitrogens with one attached hydrogen (secondary N) is 2. The van der Waals surface area contributed by atoms with E-state index in [0.717, 1.165) is 10.3 Å². The van der Waals surface area contributed by atoms with Crippen LogP contribution in [0.1, 0.15) is 63.7 Å². The molecule has 0 saturated carbocycles. The molecule has 3 N–H and O–H groups in total. The Morgan fingerprint density at radius 2 is 1.95 bits per heavy atom. The van der Waals surface area contributed by atoms with Gasteiger partial charge in [0.2, 0.25) is 0 Å². The standard InChI is InChI=1S/C30H32ClFN4O5S2/c1-28(2,3)43(39)36-25(24-20(31)7-8-23(34-24)35-27(37)38)22-12-16-11-18(32)14-19(26(16)42-22)21-13-17(9-10-33-21)30(6)15-40-29(4,5)41-30/h7-14,25,36H,15H2,1-6H3,(H,34,35)(H,37,38). The van der Waals surface area contributed by atoms with E-state index in [0.29, 0.717) is 28.1 Å². The summed E-state index contributed by atoms with van der Waals surface area (Å²) in [6.45, 7) is 11.5. The molecule has 1 saturated heterocycles. The summed E-state index contributed by atoms with van der Waals surface area (Å²) >= 11 is 6.36. The zero-order valence-electron chi connectivity index (χ0n) is 24.5. The number of aromatic nitrogens is 2. The van der Waals surface area contributed by atoms with Gasteiger partial charge in [-0.25, -0.2) is 14.2 Å². The van der Waals surface area contributed by atoms with Gasteiger partial charge >= 0.3 is 6.09 Å². The second-order valence-corrected chi connectivity index (χ2v) is 15.4. The van der Waals surface area contributed by atoms with Crippen molar-refractivity contribution in [3.63, 3.8) is 0 Å². The summed E-state index contributed by atoms with van der Waals surface area (Å²) in [6, 6.07) is 10.5. The first-order valence-electron chi connectivity index (χ1n) is 13.4. The average molecular weight is 647 g/mol. The Balaban J connectivity index is 1.63. The lowest BCUT2D eigenvalue weighted by molar-refractivity contribution is -0.159. The van der Waals surface area contributed by atoms with Crippen molar-refractivity contribution in [2.75, 3.05) is 11.9 Å². The van der Waals surface area contributed by atoms with Gasteiger partial charge in [0.1, 0.15) is 28.0 Å². The lowest BCUT2D eigenvalue weighted by atomic mass is 9.96. The maximum Gasteiger partial charge on any atom is 0.410 e. The molecule has 1 aliphatic heterocycles. The van der Waals surface area contributed by atoms with Gasteiger partial charge in [-0.15, -0.1) is 16.1 Å². The van der Waals surface area contributed by atoms with E-state index < -0.39 is 45.4 Å². The minimum absolute atomic E-state index is 0.0592. The molecule has 3 aromatic heterocycles. The molecule has 4 aromatic rings. The SMILES string of the molecule is CC1(C)OCC(C)(c2ccnc(-c3cc(F)cc4cc(C(N[S+]([O-])C(C)(C)C)c5nc(NC(=O)O)ccc5Cl)sc34)c2)O1. The van der Waals surface area contributed by atoms with Crippen LogP contribution in [0.3, 0.4) is 0 Å². The van der Waals surface area contributed by atoms with E-state index >= 15 is 4.39 Å². The van der Waals surface area contributed by atoms with Crippen LogP contribution in [0.25, 0.3) is 21.3 Å². The second-order valence-electron chi connectivity index (χ2n) is 11.9. The lowest BCUT2D eigenvalue weighted by Gasteiger charge is -2.27. The Labute approximate surface area is 261 Å². The minimum atomic E-state index is -1.57. The van der Waals surface area contributed by atoms with Crippen molar-refractivity contribution in [3.05, 3.63) is 75.6 Å². The molecule has 5 rings (SSSR count). The number of carboxylic acid groups (broad SMARTS) is 1. The van der Waals surface area contributed by atoms with Gasteiger partial charge < -0.3 is 19.1 Å². The molecule has 0 aliphatic carbocycles. The summed E-state index contributed by atoms with van der Waals surface area (Å²) in [4.78, 5) is 21.0. The molecule has 228 valence electrons. The highest BCUT2D eigenvalue weighted by molar-refractivity contribution is 7.90. The van der Waals surface area contributed by atoms with E-state index in [-0.39, 0.29) is 16.5 Å². The Hall–Kier alpha value is -2.84. The summed E-state index contributed by atoms with van der Waals surface area (Å²) in [5.41, 5.74) is 1.53. The van der Waals surface area contributed by atoms with Gasteiger partial charge in [-0.05, 0) is 95.0 Å². The van der Waals surface area contributed by atoms with E-state index in [9.17, 15) is 14.5 Å². The van der Waals surface area contributed by atoms with Crippen LogP contribution in [0.2, 0.25) is 5.02 Å². The van der Waals surface area contributed by atoms with Crippen LogP contribution in [-0.2, 0) is 26.4 Å². The average Bonchev–Trinajstić information content (AvgIpc) is 3.47. The summed E-state index contributed by atoms with van der Waals surface area (Å²) in [7, 11) is 0. The topological polar surface area (TPSA) is 129 Å². The molecule has 1 aromatic carbocycles. The number of fused-ring (bicyclic) bond motifs is 1. The molecule has 13 heteroatoms. The third-order valence-corrected chi connectivity index (χ3v) is 9.99. The van der Waals surface area contributed by atoms with Crippen LogP contribution in [0.5, 0.6) is 0 Å². The highest BCUT2D eigenvalue weighted by Crippen LogP contribution is 2.43. The van der Waals surface area contributed by atoms with Gasteiger partial charge in [0.05, 0.1) is 23.0 Å². The van der Waals surface area contributed by atoms with Gasteiger partial charge in [-0.3, -0.25) is 10.3 Å². The van der Waals surface area contributed by atoms with Crippen LogP contribution in [0.15, 0.2) is 48.7 Å². The third kappa shape index (κ3) is 6.80. The number of pyridine rings is 2. The summed E-state index contributed by atoms with van der Waals surface area (Å²) < 4.78 is 43.7. The predicted octanol–water partition coefficient (Wildman–Crippen LogP) is 7.38. The van der Waals surface area contributed by atoms with Gasteiger partial charge in [0.25, 0.3) is 0 Å². The first-order valence-corrected chi connectivity index (χ1v) is 15.8. The number of halogens is 2. The monoisotopic (exact) mass is 646 g/mol. The van der Waals surface area contributed by atoms with Crippen LogP contribution >= 0.6 is 22.9 Å². The van der Waals surface area contributed by atoms with Crippen molar-refractivity contribution in [3.8, 4) is 11.3 Å². The Kier molecular flexibility index (Phi) is 8.51. The third-order valence-electron chi connectivity index (χ3n) is 6.86. The molecule has 3 unspecified atom stereocenters. The number of hydrogen-bond acceptors (Lipinski definition) is 8. The van der Waals surface area contributed by atoms with Crippen LogP contribution in [0.4, 0.5) is 15.0 Å². The number of anilines is 1. The zero-order valence-corrected chi connectivity index (χ0v) is 26.8. The predicted molar refractivity (Wildman–Crippen MR) is 167 cm³/mol. The number of rotatable bonds is 7. The van der Waals surface area contributed by atoms with Gasteiger partial charge in [0, 0.05) is 32.7 Å². The number of ether oxygens (including phenoxy) is 2. The van der Waals surface area contributed by atoms with Gasteiger partial charge in [0.15, 0.2) is 5.79 Å². The molecule has 1 amide bonds. The molecular weight excluding hydrogens is 615 g/mol. The van der Waals surface area contributed by atoms with E-state index in [1.165, 1.54) is 35.6 Å². The minimum Gasteiger partial charge on any atom is -0.598 e. The largest absolute Gasteiger partial charge is 0.598 e. The van der Waals surface area contributed by atoms with E-state index in [1.807, 2.05) is 53.7 Å². The number of amides is 1. The highest BCUT2D eigenvalue weighted by atomic mass is 35.5. The molecule has 9 nitrogen and oxygen atoms in total. The van der Waals surface area contributed by atoms with Crippen LogP contribution in [0, 0.1) is 5.82 Å². The Morgan fingerprint density at radius 3 is 2.60 bits per heavy atom. The molecule has 0 radical (unpaired) electrons. The fourth-order valence-corrected chi connectivity index (χ4v) is 7.12. The summed E-state index contributed by atoms with van der Waals surface area (Å²) in [5, 5.41) is 12.3. The van der Waals surface area contributed by atoms with Crippen molar-refractivity contribution >= 4 is 56.3 Å². The van der Waals surface area contributed by atoms with E-state index in [2.05, 4.69) is 20.0 Å². The fourth-order valence-electron chi connectivity index (χ4n) is 4.80. The van der Waals surface area contributed by atoms with Crippen LogP contribution in [-0.4, -0.2) is 42.9 Å². The van der Waals surface area contributed by atoms with Gasteiger partial charge in [-0.2, -0.15) is 0 Å². The lowest BCUT2D eigenvalue weighted by Crippen LogP contribution is -2.41. The Bertz CT molecular complexity index is 1700. The quantitative estimate of drug-likeness (QED) is 0.177. The number of carbonyl (C=O) groups is 1. The fraction of sp³-hybridized carbons (Fsp3) is 0.367. The second kappa shape index (κ2) is 11.6. The van der Waals surface area contributed by atoms with Crippen LogP contribution < -0.4 is 10.0 Å². The number of nitrogens with zero attached hydrogens (tertiary/aromatic N) is 2. The zero-order chi connectivity index (χ0) is 31.3. The Morgan fingerprint density at radius 1 is 1.21 bits per heavy atom. The molecule has 1 fully saturated rings. The number of hydrogen-bond donors (Lipinski definition) is 3. The van der Waals surface area contributed by atoms with Crippen molar-refractivity contribution in [1.82, 2.24) is 14.7 Å². The molecule has 0 bridgehead atoms. The van der Waals surface area contributed by atoms with E-state index in [4.69, 9.17) is 21.1 Å². The highest BCUT2D eigenvalue weighted by Gasteiger charge is 2.43. The smallest absolute Gasteiger partial charge is 0.410 e. The van der Waals surface area contributed by atoms with E-state index in [1.54, 1.807) is 12.3 Å². The molecule has 4 heterocycles. The molecule has 3 atom stereocenters. The number of benzene rings is 1. The van der Waals surface area contributed by atoms with Crippen molar-refractivity contribution in [2.45, 2.75) is 63.7 Å². The van der Waals surface area contributed by atoms with Crippen molar-refractivity contribution in [1.29, 1.82) is 0 Å². The first-order chi connectivity index (χ1) is 20.0. The van der Waals surface area contributed by atoms with Crippen molar-refractivity contribution < 1.29 is 28.3 Å². The van der Waals surface area contributed by atoms with Crippen molar-refractivity contribution in [2.24, 2.45) is 0 Å². The molecule has 43 heavy (non-hydrogen) atoms. The normalized spacial score (nSPS) is 19.8. The van der Waals surface area contributed by atoms with Gasteiger partial charge in [-0.1, -0.05) is 11.6 Å². The maximum absolute atomic E-state index is 15.1. The molecule has 0 spiro atoms. The number of thiophene rings is 1. The molecular formula is C30H32ClFN4O5S2. The summed E-state index contributed by atoms with van der Waals surface area (Å²) in [5.74, 6) is -1.13. The maximum atomic E-state index is 15.1.